The number of alkyl halides is 3. The van der Waals surface area contributed by atoms with Crippen LogP contribution in [0.2, 0.25) is 0 Å². The summed E-state index contributed by atoms with van der Waals surface area (Å²) in [5.41, 5.74) is -0.228. The number of halogens is 3. The van der Waals surface area contributed by atoms with E-state index in [1.54, 1.807) is 4.90 Å². The molecule has 0 spiro atoms. The second kappa shape index (κ2) is 7.73. The van der Waals surface area contributed by atoms with Gasteiger partial charge in [0.2, 0.25) is 11.8 Å². The SMILES string of the molecule is O=C(C1CSCN1C(=O)C=Cc1ccc(C(F)(F)F)cc1)N1CCCC1. The molecule has 2 saturated heterocycles. The first-order valence-electron chi connectivity index (χ1n) is 8.39. The first-order chi connectivity index (χ1) is 12.4. The second-order valence-corrected chi connectivity index (χ2v) is 7.31. The zero-order chi connectivity index (χ0) is 18.7. The Kier molecular flexibility index (Phi) is 5.60. The highest BCUT2D eigenvalue weighted by Gasteiger charge is 2.37. The van der Waals surface area contributed by atoms with Gasteiger partial charge in [-0.2, -0.15) is 13.2 Å². The number of likely N-dealkylation sites (tertiary alicyclic amines) is 1. The molecular weight excluding hydrogens is 365 g/mol. The van der Waals surface area contributed by atoms with E-state index in [-0.39, 0.29) is 11.8 Å². The van der Waals surface area contributed by atoms with E-state index in [4.69, 9.17) is 0 Å². The summed E-state index contributed by atoms with van der Waals surface area (Å²) >= 11 is 1.53. The lowest BCUT2D eigenvalue weighted by Crippen LogP contribution is -2.47. The van der Waals surface area contributed by atoms with Gasteiger partial charge in [0.1, 0.15) is 6.04 Å². The van der Waals surface area contributed by atoms with Crippen LogP contribution in [0.1, 0.15) is 24.0 Å². The van der Waals surface area contributed by atoms with Crippen LogP contribution >= 0.6 is 11.8 Å². The van der Waals surface area contributed by atoms with Crippen molar-refractivity contribution in [2.24, 2.45) is 0 Å². The maximum absolute atomic E-state index is 12.6. The molecule has 0 bridgehead atoms. The number of rotatable bonds is 3. The third-order valence-electron chi connectivity index (χ3n) is 4.52. The minimum atomic E-state index is -4.38. The van der Waals surface area contributed by atoms with Crippen molar-refractivity contribution in [3.8, 4) is 0 Å². The third kappa shape index (κ3) is 4.23. The largest absolute Gasteiger partial charge is 0.416 e. The van der Waals surface area contributed by atoms with E-state index < -0.39 is 17.8 Å². The molecule has 1 aromatic carbocycles. The van der Waals surface area contributed by atoms with E-state index in [9.17, 15) is 22.8 Å². The van der Waals surface area contributed by atoms with Crippen LogP contribution in [0, 0.1) is 0 Å². The molecule has 0 N–H and O–H groups in total. The average Bonchev–Trinajstić information content (AvgIpc) is 3.30. The number of thioether (sulfide) groups is 1. The lowest BCUT2D eigenvalue weighted by Gasteiger charge is -2.26. The maximum Gasteiger partial charge on any atom is 0.416 e. The van der Waals surface area contributed by atoms with Gasteiger partial charge in [0.25, 0.3) is 0 Å². The predicted octanol–water partition coefficient (Wildman–Crippen LogP) is 3.24. The van der Waals surface area contributed by atoms with E-state index in [1.165, 1.54) is 40.9 Å². The molecule has 2 heterocycles. The maximum atomic E-state index is 12.6. The van der Waals surface area contributed by atoms with Gasteiger partial charge in [-0.15, -0.1) is 11.8 Å². The Hall–Kier alpha value is -1.96. The van der Waals surface area contributed by atoms with E-state index in [0.29, 0.717) is 17.2 Å². The normalized spacial score (nSPS) is 21.0. The summed E-state index contributed by atoms with van der Waals surface area (Å²) in [6.07, 6.45) is 0.399. The number of hydrogen-bond donors (Lipinski definition) is 0. The molecule has 26 heavy (non-hydrogen) atoms. The standard InChI is InChI=1S/C18H19F3N2O2S/c19-18(20,21)14-6-3-13(4-7-14)5-8-16(24)23-12-26-11-15(23)17(25)22-9-1-2-10-22/h3-8,15H,1-2,9-12H2. The smallest absolute Gasteiger partial charge is 0.341 e. The van der Waals surface area contributed by atoms with Crippen LogP contribution in [0.15, 0.2) is 30.3 Å². The first-order valence-corrected chi connectivity index (χ1v) is 9.54. The van der Waals surface area contributed by atoms with Crippen LogP contribution in [-0.4, -0.2) is 52.4 Å². The van der Waals surface area contributed by atoms with Crippen LogP contribution in [0.3, 0.4) is 0 Å². The summed E-state index contributed by atoms with van der Waals surface area (Å²) < 4.78 is 37.7. The molecule has 2 aliphatic heterocycles. The molecule has 0 saturated carbocycles. The highest BCUT2D eigenvalue weighted by Crippen LogP contribution is 2.29. The fourth-order valence-electron chi connectivity index (χ4n) is 3.06. The quantitative estimate of drug-likeness (QED) is 0.752. The first kappa shape index (κ1) is 18.8. The van der Waals surface area contributed by atoms with Gasteiger partial charge in [-0.3, -0.25) is 9.59 Å². The van der Waals surface area contributed by atoms with E-state index in [1.807, 2.05) is 0 Å². The van der Waals surface area contributed by atoms with Crippen LogP contribution in [0.4, 0.5) is 13.2 Å². The molecule has 2 amide bonds. The predicted molar refractivity (Wildman–Crippen MR) is 94.3 cm³/mol. The molecule has 0 aromatic heterocycles. The highest BCUT2D eigenvalue weighted by atomic mass is 32.2. The van der Waals surface area contributed by atoms with Crippen LogP contribution in [0.5, 0.6) is 0 Å². The van der Waals surface area contributed by atoms with Crippen molar-refractivity contribution in [3.05, 3.63) is 41.5 Å². The van der Waals surface area contributed by atoms with Crippen molar-refractivity contribution in [1.29, 1.82) is 0 Å². The van der Waals surface area contributed by atoms with Crippen molar-refractivity contribution in [3.63, 3.8) is 0 Å². The molecule has 3 rings (SSSR count). The zero-order valence-corrected chi connectivity index (χ0v) is 14.9. The summed E-state index contributed by atoms with van der Waals surface area (Å²) in [6.45, 7) is 1.48. The van der Waals surface area contributed by atoms with Crippen molar-refractivity contribution < 1.29 is 22.8 Å². The number of nitrogens with zero attached hydrogens (tertiary/aromatic N) is 2. The summed E-state index contributed by atoms with van der Waals surface area (Å²) in [4.78, 5) is 28.3. The van der Waals surface area contributed by atoms with Crippen molar-refractivity contribution in [1.82, 2.24) is 9.80 Å². The van der Waals surface area contributed by atoms with Gasteiger partial charge in [-0.25, -0.2) is 0 Å². The molecule has 1 atom stereocenters. The lowest BCUT2D eigenvalue weighted by atomic mass is 10.1. The molecule has 1 aromatic rings. The minimum absolute atomic E-state index is 0.0104. The van der Waals surface area contributed by atoms with Crippen molar-refractivity contribution in [2.75, 3.05) is 24.7 Å². The molecule has 0 radical (unpaired) electrons. The fraction of sp³-hybridized carbons (Fsp3) is 0.444. The summed E-state index contributed by atoms with van der Waals surface area (Å²) in [7, 11) is 0. The molecule has 8 heteroatoms. The van der Waals surface area contributed by atoms with E-state index in [0.717, 1.165) is 38.1 Å². The molecule has 4 nitrogen and oxygen atoms in total. The van der Waals surface area contributed by atoms with Gasteiger partial charge in [0, 0.05) is 24.9 Å². The van der Waals surface area contributed by atoms with Gasteiger partial charge in [-0.1, -0.05) is 12.1 Å². The van der Waals surface area contributed by atoms with Crippen molar-refractivity contribution in [2.45, 2.75) is 25.1 Å². The molecule has 2 aliphatic rings. The molecule has 140 valence electrons. The lowest BCUT2D eigenvalue weighted by molar-refractivity contribution is -0.140. The summed E-state index contributed by atoms with van der Waals surface area (Å²) in [5.74, 6) is 0.714. The minimum Gasteiger partial charge on any atom is -0.341 e. The molecular formula is C18H19F3N2O2S. The van der Waals surface area contributed by atoms with Gasteiger partial charge >= 0.3 is 6.18 Å². The molecule has 2 fully saturated rings. The Labute approximate surface area is 154 Å². The second-order valence-electron chi connectivity index (χ2n) is 6.31. The zero-order valence-electron chi connectivity index (χ0n) is 14.0. The molecule has 0 aliphatic carbocycles. The van der Waals surface area contributed by atoms with Crippen molar-refractivity contribution >= 4 is 29.7 Å². The van der Waals surface area contributed by atoms with Crippen LogP contribution in [0.25, 0.3) is 6.08 Å². The summed E-state index contributed by atoms with van der Waals surface area (Å²) in [5, 5.41) is 0. The monoisotopic (exact) mass is 384 g/mol. The van der Waals surface area contributed by atoms with Crippen LogP contribution < -0.4 is 0 Å². The number of carbonyl (C=O) groups excluding carboxylic acids is 2. The fourth-order valence-corrected chi connectivity index (χ4v) is 4.21. The van der Waals surface area contributed by atoms with E-state index in [2.05, 4.69) is 0 Å². The van der Waals surface area contributed by atoms with Gasteiger partial charge in [0.15, 0.2) is 0 Å². The Bertz CT molecular complexity index is 697. The number of amides is 2. The van der Waals surface area contributed by atoms with Gasteiger partial charge in [-0.05, 0) is 36.6 Å². The summed E-state index contributed by atoms with van der Waals surface area (Å²) in [6, 6.07) is 4.14. The Morgan fingerprint density at radius 1 is 1.12 bits per heavy atom. The number of benzene rings is 1. The Morgan fingerprint density at radius 3 is 2.38 bits per heavy atom. The average molecular weight is 384 g/mol. The highest BCUT2D eigenvalue weighted by molar-refractivity contribution is 7.99. The Balaban J connectivity index is 1.64. The third-order valence-corrected chi connectivity index (χ3v) is 5.54. The van der Waals surface area contributed by atoms with Gasteiger partial charge < -0.3 is 9.80 Å². The number of hydrogen-bond acceptors (Lipinski definition) is 3. The topological polar surface area (TPSA) is 40.6 Å². The Morgan fingerprint density at radius 2 is 1.77 bits per heavy atom. The van der Waals surface area contributed by atoms with Gasteiger partial charge in [0.05, 0.1) is 11.4 Å². The van der Waals surface area contributed by atoms with Crippen LogP contribution in [-0.2, 0) is 15.8 Å². The molecule has 1 unspecified atom stereocenters. The number of carbonyl (C=O) groups is 2. The van der Waals surface area contributed by atoms with E-state index >= 15 is 0 Å².